The summed E-state index contributed by atoms with van der Waals surface area (Å²) in [6.45, 7) is 2.82. The van der Waals surface area contributed by atoms with Gasteiger partial charge in [-0.3, -0.25) is 4.79 Å². The molecule has 2 unspecified atom stereocenters. The predicted octanol–water partition coefficient (Wildman–Crippen LogP) is 1.37. The smallest absolute Gasteiger partial charge is 0.251 e. The van der Waals surface area contributed by atoms with Crippen LogP contribution < -0.4 is 10.0 Å². The van der Waals surface area contributed by atoms with Crippen LogP contribution in [0.4, 0.5) is 0 Å². The molecule has 1 heterocycles. The Morgan fingerprint density at radius 1 is 1.02 bits per heavy atom. The number of amides is 1. The van der Waals surface area contributed by atoms with Crippen LogP contribution in [0, 0.1) is 0 Å². The van der Waals surface area contributed by atoms with Crippen LogP contribution in [-0.4, -0.2) is 108 Å². The molecule has 1 aliphatic rings. The summed E-state index contributed by atoms with van der Waals surface area (Å²) in [5.41, 5.74) is 3.07. The van der Waals surface area contributed by atoms with Crippen molar-refractivity contribution < 1.29 is 37.6 Å². The normalized spacial score (nSPS) is 16.4. The Kier molecular flexibility index (Phi) is 13.7. The van der Waals surface area contributed by atoms with Crippen molar-refractivity contribution in [2.45, 2.75) is 23.5 Å². The lowest BCUT2D eigenvalue weighted by atomic mass is 9.85. The van der Waals surface area contributed by atoms with Gasteiger partial charge in [0.1, 0.15) is 0 Å². The molecule has 0 radical (unpaired) electrons. The van der Waals surface area contributed by atoms with Crippen LogP contribution in [0.5, 0.6) is 0 Å². The number of aliphatic hydroxyl groups excluding tert-OH is 2. The fourth-order valence-electron chi connectivity index (χ4n) is 4.33. The Labute approximate surface area is 250 Å². The number of carbonyl (C=O) groups excluding carboxylic acids is 1. The number of sulfonamides is 1. The molecule has 1 aliphatic heterocycles. The molecule has 11 nitrogen and oxygen atoms in total. The minimum Gasteiger partial charge on any atom is -0.393 e. The van der Waals surface area contributed by atoms with Crippen molar-refractivity contribution in [3.63, 3.8) is 0 Å². The molecule has 3 rings (SSSR count). The Morgan fingerprint density at radius 2 is 1.63 bits per heavy atom. The highest BCUT2D eigenvalue weighted by Crippen LogP contribution is 2.38. The molecule has 0 bridgehead atoms. The van der Waals surface area contributed by atoms with Crippen LogP contribution in [0.3, 0.4) is 0 Å². The number of nitrogens with zero attached hydrogens (tertiary/aromatic N) is 1. The van der Waals surface area contributed by atoms with Crippen LogP contribution >= 0.6 is 23.2 Å². The van der Waals surface area contributed by atoms with Gasteiger partial charge in [0.15, 0.2) is 6.10 Å². The third kappa shape index (κ3) is 10.4. The fourth-order valence-corrected chi connectivity index (χ4v) is 5.91. The molecule has 0 saturated heterocycles. The average Bonchev–Trinajstić information content (AvgIpc) is 2.95. The van der Waals surface area contributed by atoms with Crippen molar-refractivity contribution >= 4 is 39.1 Å². The van der Waals surface area contributed by atoms with Crippen LogP contribution in [-0.2, 0) is 35.6 Å². The first-order valence-electron chi connectivity index (χ1n) is 13.2. The van der Waals surface area contributed by atoms with Crippen LogP contribution in [0.2, 0.25) is 10.0 Å². The van der Waals surface area contributed by atoms with Gasteiger partial charge in [-0.15, -0.1) is 0 Å². The summed E-state index contributed by atoms with van der Waals surface area (Å²) in [6, 6.07) is 10.5. The first-order valence-corrected chi connectivity index (χ1v) is 15.4. The number of hydrogen-bond acceptors (Lipinski definition) is 9. The second-order valence-electron chi connectivity index (χ2n) is 9.50. The summed E-state index contributed by atoms with van der Waals surface area (Å²) in [5, 5.41) is 21.4. The lowest BCUT2D eigenvalue weighted by molar-refractivity contribution is -0.131. The third-order valence-electron chi connectivity index (χ3n) is 6.39. The summed E-state index contributed by atoms with van der Waals surface area (Å²) >= 11 is 12.7. The van der Waals surface area contributed by atoms with E-state index in [1.54, 1.807) is 18.2 Å². The second kappa shape index (κ2) is 16.7. The number of halogens is 2. The van der Waals surface area contributed by atoms with E-state index < -0.39 is 28.6 Å². The Hall–Kier alpha value is -1.84. The summed E-state index contributed by atoms with van der Waals surface area (Å²) < 4.78 is 44.1. The van der Waals surface area contributed by atoms with E-state index in [9.17, 15) is 13.2 Å². The Balaban J connectivity index is 1.32. The first-order chi connectivity index (χ1) is 19.6. The van der Waals surface area contributed by atoms with E-state index in [0.717, 1.165) is 29.8 Å². The van der Waals surface area contributed by atoms with Gasteiger partial charge in [-0.05, 0) is 48.0 Å². The molecule has 41 heavy (non-hydrogen) atoms. The highest BCUT2D eigenvalue weighted by Gasteiger charge is 2.27. The molecule has 0 aliphatic carbocycles. The number of carbonyl (C=O) groups is 1. The largest absolute Gasteiger partial charge is 0.393 e. The number of fused-ring (bicyclic) bond motifs is 1. The molecule has 0 saturated carbocycles. The molecular weight excluding hydrogens is 597 g/mol. The van der Waals surface area contributed by atoms with E-state index >= 15 is 0 Å². The minimum absolute atomic E-state index is 0.0203. The molecule has 2 aromatic rings. The average molecular weight is 635 g/mol. The van der Waals surface area contributed by atoms with Gasteiger partial charge in [-0.25, -0.2) is 13.1 Å². The standard InChI is InChI=1S/C27H37Cl2N3O8S/c1-32-16-23(22-14-20(28)15-25(29)24(22)17-32)19-2-4-21(5-3-19)41(36,37)31-7-9-39-11-13-40-12-10-38-8-6-30-27(35)26(34)18-33/h2-5,14-15,23,26,31,33-34H,6-13,16-18H2,1H3,(H,30,35). The van der Waals surface area contributed by atoms with Gasteiger partial charge in [0.05, 0.1) is 51.1 Å². The van der Waals surface area contributed by atoms with Gasteiger partial charge in [0.25, 0.3) is 5.91 Å². The highest BCUT2D eigenvalue weighted by molar-refractivity contribution is 7.89. The van der Waals surface area contributed by atoms with Crippen molar-refractivity contribution in [1.82, 2.24) is 14.9 Å². The van der Waals surface area contributed by atoms with Crippen molar-refractivity contribution in [3.8, 4) is 0 Å². The molecule has 0 aromatic heterocycles. The zero-order chi connectivity index (χ0) is 29.8. The maximum absolute atomic E-state index is 12.7. The van der Waals surface area contributed by atoms with Gasteiger partial charge < -0.3 is 34.6 Å². The Bertz CT molecular complexity index is 1230. The number of rotatable bonds is 17. The molecule has 228 valence electrons. The lowest BCUT2D eigenvalue weighted by Gasteiger charge is -2.33. The number of nitrogens with one attached hydrogen (secondary N) is 2. The second-order valence-corrected chi connectivity index (χ2v) is 12.1. The van der Waals surface area contributed by atoms with E-state index in [4.69, 9.17) is 47.6 Å². The first kappa shape index (κ1) is 33.7. The lowest BCUT2D eigenvalue weighted by Crippen LogP contribution is -2.38. The quantitative estimate of drug-likeness (QED) is 0.190. The number of ether oxygens (including phenoxy) is 3. The molecule has 4 N–H and O–H groups in total. The van der Waals surface area contributed by atoms with Crippen LogP contribution in [0.25, 0.3) is 0 Å². The summed E-state index contributed by atoms with van der Waals surface area (Å²) in [7, 11) is -1.68. The van der Waals surface area contributed by atoms with Crippen molar-refractivity contribution in [2.24, 2.45) is 0 Å². The van der Waals surface area contributed by atoms with E-state index in [2.05, 4.69) is 14.9 Å². The van der Waals surface area contributed by atoms with Crippen LogP contribution in [0.1, 0.15) is 22.6 Å². The zero-order valence-electron chi connectivity index (χ0n) is 22.9. The molecule has 1 amide bonds. The maximum atomic E-state index is 12.7. The third-order valence-corrected chi connectivity index (χ3v) is 8.42. The highest BCUT2D eigenvalue weighted by atomic mass is 35.5. The predicted molar refractivity (Wildman–Crippen MR) is 155 cm³/mol. The van der Waals surface area contributed by atoms with E-state index in [1.165, 1.54) is 0 Å². The molecule has 0 fully saturated rings. The number of benzene rings is 2. The maximum Gasteiger partial charge on any atom is 0.251 e. The van der Waals surface area contributed by atoms with E-state index in [-0.39, 0.29) is 43.7 Å². The molecule has 0 spiro atoms. The van der Waals surface area contributed by atoms with E-state index in [1.807, 2.05) is 25.2 Å². The number of aliphatic hydroxyl groups is 2. The van der Waals surface area contributed by atoms with Gasteiger partial charge in [-0.1, -0.05) is 35.3 Å². The molecule has 14 heteroatoms. The summed E-state index contributed by atoms with van der Waals surface area (Å²) in [5.74, 6) is -0.636. The topological polar surface area (TPSA) is 147 Å². The van der Waals surface area contributed by atoms with Crippen molar-refractivity contribution in [2.75, 3.05) is 72.9 Å². The van der Waals surface area contributed by atoms with Gasteiger partial charge in [0, 0.05) is 42.1 Å². The zero-order valence-corrected chi connectivity index (χ0v) is 25.2. The number of likely N-dealkylation sites (N-methyl/N-ethyl adjacent to an activating group) is 1. The van der Waals surface area contributed by atoms with Crippen LogP contribution in [0.15, 0.2) is 41.3 Å². The minimum atomic E-state index is -3.70. The SMILES string of the molecule is CN1Cc2c(Cl)cc(Cl)cc2C(c2ccc(S(=O)(=O)NCCOCCOCCOCCNC(=O)C(O)CO)cc2)C1. The number of hydrogen-bond donors (Lipinski definition) is 4. The molecule has 2 aromatic carbocycles. The van der Waals surface area contributed by atoms with E-state index in [0.29, 0.717) is 29.9 Å². The summed E-state index contributed by atoms with van der Waals surface area (Å²) in [6.07, 6.45) is -1.44. The van der Waals surface area contributed by atoms with Gasteiger partial charge >= 0.3 is 0 Å². The molecular formula is C27H37Cl2N3O8S. The summed E-state index contributed by atoms with van der Waals surface area (Å²) in [4.78, 5) is 13.6. The monoisotopic (exact) mass is 633 g/mol. The van der Waals surface area contributed by atoms with Gasteiger partial charge in [0.2, 0.25) is 10.0 Å². The van der Waals surface area contributed by atoms with Gasteiger partial charge in [-0.2, -0.15) is 0 Å². The van der Waals surface area contributed by atoms with Crippen molar-refractivity contribution in [1.29, 1.82) is 0 Å². The Morgan fingerprint density at radius 3 is 2.27 bits per heavy atom. The fraction of sp³-hybridized carbons (Fsp3) is 0.519. The van der Waals surface area contributed by atoms with Crippen molar-refractivity contribution in [3.05, 3.63) is 63.1 Å². The molecule has 2 atom stereocenters.